The van der Waals surface area contributed by atoms with Crippen LogP contribution in [0.25, 0.3) is 11.3 Å². The quantitative estimate of drug-likeness (QED) is 0.666. The predicted molar refractivity (Wildman–Crippen MR) is 101 cm³/mol. The van der Waals surface area contributed by atoms with Gasteiger partial charge in [-0.25, -0.2) is 4.68 Å². The molecule has 3 aromatic rings. The molecular weight excluding hydrogens is 316 g/mol. The van der Waals surface area contributed by atoms with Gasteiger partial charge in [-0.15, -0.1) is 11.3 Å². The first kappa shape index (κ1) is 16.3. The Morgan fingerprint density at radius 2 is 2.00 bits per heavy atom. The van der Waals surface area contributed by atoms with E-state index in [2.05, 4.69) is 47.4 Å². The standard InChI is InChI=1S/C19H20N4S/c1-13-7-8-16(10-14(13)2)18-12-24-19(20-4)23(18)22-15(3)17-6-5-9-21-11-17/h5-12H,1-4H3. The third kappa shape index (κ3) is 3.21. The zero-order valence-corrected chi connectivity index (χ0v) is 15.1. The summed E-state index contributed by atoms with van der Waals surface area (Å²) in [5, 5.41) is 6.90. The summed E-state index contributed by atoms with van der Waals surface area (Å²) in [4.78, 5) is 9.40. The molecule has 2 heterocycles. The molecule has 4 nitrogen and oxygen atoms in total. The maximum absolute atomic E-state index is 4.80. The lowest BCUT2D eigenvalue weighted by Crippen LogP contribution is -2.13. The monoisotopic (exact) mass is 336 g/mol. The molecule has 0 amide bonds. The molecular formula is C19H20N4S. The maximum Gasteiger partial charge on any atom is 0.205 e. The largest absolute Gasteiger partial charge is 0.264 e. The van der Waals surface area contributed by atoms with Crippen LogP contribution >= 0.6 is 11.3 Å². The molecule has 0 fully saturated rings. The second-order valence-electron chi connectivity index (χ2n) is 5.67. The number of nitrogens with zero attached hydrogens (tertiary/aromatic N) is 4. The van der Waals surface area contributed by atoms with Crippen molar-refractivity contribution in [2.24, 2.45) is 10.1 Å². The molecule has 0 N–H and O–H groups in total. The van der Waals surface area contributed by atoms with Crippen molar-refractivity contribution >= 4 is 17.0 Å². The van der Waals surface area contributed by atoms with Crippen LogP contribution < -0.4 is 4.80 Å². The molecule has 0 saturated heterocycles. The summed E-state index contributed by atoms with van der Waals surface area (Å²) >= 11 is 1.59. The van der Waals surface area contributed by atoms with Gasteiger partial charge in [0.1, 0.15) is 0 Å². The van der Waals surface area contributed by atoms with E-state index in [-0.39, 0.29) is 0 Å². The van der Waals surface area contributed by atoms with Gasteiger partial charge in [-0.3, -0.25) is 9.98 Å². The molecule has 24 heavy (non-hydrogen) atoms. The van der Waals surface area contributed by atoms with Gasteiger partial charge in [0.25, 0.3) is 0 Å². The first-order chi connectivity index (χ1) is 11.6. The highest BCUT2D eigenvalue weighted by Crippen LogP contribution is 2.23. The lowest BCUT2D eigenvalue weighted by atomic mass is 10.1. The summed E-state index contributed by atoms with van der Waals surface area (Å²) in [6, 6.07) is 10.4. The minimum Gasteiger partial charge on any atom is -0.264 e. The Bertz CT molecular complexity index is 949. The third-order valence-corrected chi connectivity index (χ3v) is 4.92. The van der Waals surface area contributed by atoms with Crippen molar-refractivity contribution in [2.75, 3.05) is 7.05 Å². The van der Waals surface area contributed by atoms with Crippen molar-refractivity contribution in [1.82, 2.24) is 9.66 Å². The SMILES string of the molecule is CN=c1scc(-c2ccc(C)c(C)c2)n1N=C(C)c1cccnc1. The fraction of sp³-hybridized carbons (Fsp3) is 0.211. The van der Waals surface area contributed by atoms with Crippen molar-refractivity contribution < 1.29 is 0 Å². The summed E-state index contributed by atoms with van der Waals surface area (Å²) in [6.45, 7) is 6.24. The predicted octanol–water partition coefficient (Wildman–Crippen LogP) is 4.03. The summed E-state index contributed by atoms with van der Waals surface area (Å²) in [5.74, 6) is 0. The number of pyridine rings is 1. The van der Waals surface area contributed by atoms with E-state index in [1.165, 1.54) is 11.1 Å². The van der Waals surface area contributed by atoms with Gasteiger partial charge in [0, 0.05) is 35.9 Å². The Morgan fingerprint density at radius 3 is 2.67 bits per heavy atom. The summed E-state index contributed by atoms with van der Waals surface area (Å²) in [6.07, 6.45) is 3.59. The van der Waals surface area contributed by atoms with Gasteiger partial charge in [0.15, 0.2) is 0 Å². The highest BCUT2D eigenvalue weighted by molar-refractivity contribution is 7.07. The van der Waals surface area contributed by atoms with Crippen LogP contribution in [0.15, 0.2) is 58.2 Å². The van der Waals surface area contributed by atoms with Crippen LogP contribution in [0.1, 0.15) is 23.6 Å². The normalized spacial score (nSPS) is 12.7. The Morgan fingerprint density at radius 1 is 1.17 bits per heavy atom. The van der Waals surface area contributed by atoms with E-state index in [0.29, 0.717) is 0 Å². The van der Waals surface area contributed by atoms with Crippen LogP contribution in [0.5, 0.6) is 0 Å². The van der Waals surface area contributed by atoms with Gasteiger partial charge in [-0.1, -0.05) is 18.2 Å². The van der Waals surface area contributed by atoms with Gasteiger partial charge in [-0.2, -0.15) is 5.10 Å². The number of hydrogen-bond acceptors (Lipinski definition) is 4. The molecule has 0 unspecified atom stereocenters. The zero-order chi connectivity index (χ0) is 17.1. The summed E-state index contributed by atoms with van der Waals surface area (Å²) in [7, 11) is 1.79. The lowest BCUT2D eigenvalue weighted by Gasteiger charge is -2.08. The average molecular weight is 336 g/mol. The van der Waals surface area contributed by atoms with Crippen molar-refractivity contribution in [3.63, 3.8) is 0 Å². The Kier molecular flexibility index (Phi) is 4.71. The highest BCUT2D eigenvalue weighted by atomic mass is 32.1. The minimum atomic E-state index is 0.867. The smallest absolute Gasteiger partial charge is 0.205 e. The molecule has 0 spiro atoms. The van der Waals surface area contributed by atoms with Gasteiger partial charge in [-0.05, 0) is 44.0 Å². The van der Waals surface area contributed by atoms with Crippen LogP contribution in [0, 0.1) is 13.8 Å². The van der Waals surface area contributed by atoms with E-state index in [9.17, 15) is 0 Å². The van der Waals surface area contributed by atoms with Crippen LogP contribution in [-0.4, -0.2) is 22.4 Å². The van der Waals surface area contributed by atoms with Gasteiger partial charge in [0.05, 0.1) is 11.4 Å². The third-order valence-electron chi connectivity index (χ3n) is 4.01. The molecule has 0 radical (unpaired) electrons. The molecule has 0 saturated carbocycles. The molecule has 3 rings (SSSR count). The van der Waals surface area contributed by atoms with Crippen LogP contribution in [0.3, 0.4) is 0 Å². The second kappa shape index (κ2) is 6.93. The fourth-order valence-corrected chi connectivity index (χ4v) is 3.23. The minimum absolute atomic E-state index is 0.867. The van der Waals surface area contributed by atoms with Crippen LogP contribution in [-0.2, 0) is 0 Å². The summed E-state index contributed by atoms with van der Waals surface area (Å²) < 4.78 is 1.91. The Balaban J connectivity index is 2.14. The zero-order valence-electron chi connectivity index (χ0n) is 14.3. The molecule has 0 aliphatic heterocycles. The molecule has 122 valence electrons. The molecule has 0 aliphatic carbocycles. The van der Waals surface area contributed by atoms with Crippen molar-refractivity contribution in [2.45, 2.75) is 20.8 Å². The molecule has 0 bridgehead atoms. The number of aromatic nitrogens is 2. The van der Waals surface area contributed by atoms with Gasteiger partial charge >= 0.3 is 0 Å². The first-order valence-electron chi connectivity index (χ1n) is 7.77. The lowest BCUT2D eigenvalue weighted by molar-refractivity contribution is 0.841. The van der Waals surface area contributed by atoms with Crippen molar-refractivity contribution in [1.29, 1.82) is 0 Å². The van der Waals surface area contributed by atoms with E-state index in [1.807, 2.05) is 29.9 Å². The second-order valence-corrected chi connectivity index (χ2v) is 6.50. The van der Waals surface area contributed by atoms with Gasteiger partial charge < -0.3 is 0 Å². The van der Waals surface area contributed by atoms with Crippen molar-refractivity contribution in [3.8, 4) is 11.3 Å². The van der Waals surface area contributed by atoms with Gasteiger partial charge in [0.2, 0.25) is 4.80 Å². The van der Waals surface area contributed by atoms with Crippen LogP contribution in [0.2, 0.25) is 0 Å². The average Bonchev–Trinajstić information content (AvgIpc) is 3.00. The molecule has 2 aromatic heterocycles. The molecule has 1 aromatic carbocycles. The van der Waals surface area contributed by atoms with E-state index >= 15 is 0 Å². The number of thiazole rings is 1. The first-order valence-corrected chi connectivity index (χ1v) is 8.65. The van der Waals surface area contributed by atoms with Crippen LogP contribution in [0.4, 0.5) is 0 Å². The van der Waals surface area contributed by atoms with E-state index in [1.54, 1.807) is 24.6 Å². The number of hydrogen-bond donors (Lipinski definition) is 0. The fourth-order valence-electron chi connectivity index (χ4n) is 2.43. The Labute approximate surface area is 145 Å². The summed E-state index contributed by atoms with van der Waals surface area (Å²) in [5.41, 5.74) is 6.66. The molecule has 0 aliphatic rings. The highest BCUT2D eigenvalue weighted by Gasteiger charge is 2.09. The molecule has 5 heteroatoms. The Hall–Kier alpha value is -2.53. The molecule has 0 atom stereocenters. The number of rotatable bonds is 3. The van der Waals surface area contributed by atoms with E-state index in [4.69, 9.17) is 5.10 Å². The van der Waals surface area contributed by atoms with E-state index in [0.717, 1.165) is 27.3 Å². The maximum atomic E-state index is 4.80. The van der Waals surface area contributed by atoms with E-state index < -0.39 is 0 Å². The van der Waals surface area contributed by atoms with Crippen molar-refractivity contribution in [3.05, 3.63) is 69.6 Å². The number of aryl methyl sites for hydroxylation is 2. The topological polar surface area (TPSA) is 42.5 Å². The number of benzene rings is 1.